The van der Waals surface area contributed by atoms with E-state index in [1.165, 1.54) is 18.4 Å². The minimum Gasteiger partial charge on any atom is -0.353 e. The van der Waals surface area contributed by atoms with Crippen LogP contribution in [0.1, 0.15) is 68.4 Å². The molecule has 2 saturated carbocycles. The van der Waals surface area contributed by atoms with Gasteiger partial charge in [-0.3, -0.25) is 0 Å². The number of aryl methyl sites for hydroxylation is 1. The van der Waals surface area contributed by atoms with Crippen LogP contribution >= 0.6 is 0 Å². The summed E-state index contributed by atoms with van der Waals surface area (Å²) in [6.45, 7) is 1.36. The Morgan fingerprint density at radius 3 is 2.88 bits per heavy atom. The van der Waals surface area contributed by atoms with Gasteiger partial charge in [0.1, 0.15) is 6.17 Å². The van der Waals surface area contributed by atoms with Crippen LogP contribution in [0.3, 0.4) is 0 Å². The van der Waals surface area contributed by atoms with Crippen LogP contribution < -0.4 is 0 Å². The average molecular weight is 358 g/mol. The zero-order valence-corrected chi connectivity index (χ0v) is 15.7. The first-order chi connectivity index (χ1) is 12.8. The number of halogens is 1. The lowest BCUT2D eigenvalue weighted by molar-refractivity contribution is -0.195. The van der Waals surface area contributed by atoms with E-state index in [-0.39, 0.29) is 11.7 Å². The molecule has 0 N–H and O–H groups in total. The van der Waals surface area contributed by atoms with Crippen LogP contribution in [0.4, 0.5) is 4.39 Å². The number of alkyl halides is 1. The lowest BCUT2D eigenvalue weighted by atomic mass is 9.55. The van der Waals surface area contributed by atoms with E-state index in [4.69, 9.17) is 9.47 Å². The van der Waals surface area contributed by atoms with Crippen LogP contribution in [0.15, 0.2) is 24.3 Å². The van der Waals surface area contributed by atoms with Gasteiger partial charge in [-0.05, 0) is 86.7 Å². The zero-order valence-electron chi connectivity index (χ0n) is 15.7. The molecule has 3 fully saturated rings. The number of ether oxygens (including phenoxy) is 2. The molecule has 1 aromatic carbocycles. The van der Waals surface area contributed by atoms with Gasteiger partial charge >= 0.3 is 0 Å². The number of hydrogen-bond donors (Lipinski definition) is 0. The van der Waals surface area contributed by atoms with Crippen molar-refractivity contribution in [2.75, 3.05) is 13.2 Å². The second-order valence-electron chi connectivity index (χ2n) is 9.04. The van der Waals surface area contributed by atoms with E-state index < -0.39 is 6.17 Å². The molecule has 1 saturated heterocycles. The molecule has 5 rings (SSSR count). The second kappa shape index (κ2) is 6.91. The molecule has 1 heterocycles. The Hall–Kier alpha value is -0.930. The maximum atomic E-state index is 15.2. The Balaban J connectivity index is 1.37. The van der Waals surface area contributed by atoms with Gasteiger partial charge in [0.25, 0.3) is 0 Å². The van der Waals surface area contributed by atoms with Crippen molar-refractivity contribution in [2.24, 2.45) is 17.3 Å². The highest BCUT2D eigenvalue weighted by atomic mass is 19.1. The molecule has 0 amide bonds. The molecule has 142 valence electrons. The third-order valence-corrected chi connectivity index (χ3v) is 7.93. The van der Waals surface area contributed by atoms with Crippen LogP contribution in [0, 0.1) is 17.3 Å². The van der Waals surface area contributed by atoms with E-state index in [1.54, 1.807) is 5.56 Å². The summed E-state index contributed by atoms with van der Waals surface area (Å²) in [5.74, 6) is 1.75. The van der Waals surface area contributed by atoms with Gasteiger partial charge in [0.2, 0.25) is 0 Å². The summed E-state index contributed by atoms with van der Waals surface area (Å²) in [6.07, 6.45) is 8.71. The van der Waals surface area contributed by atoms with Crippen LogP contribution in [0.2, 0.25) is 0 Å². The molecule has 0 aromatic heterocycles. The summed E-state index contributed by atoms with van der Waals surface area (Å²) in [5.41, 5.74) is 2.83. The molecular weight excluding hydrogens is 327 g/mol. The monoisotopic (exact) mass is 358 g/mol. The summed E-state index contributed by atoms with van der Waals surface area (Å²) in [6, 6.07) is 8.97. The molecule has 0 radical (unpaired) electrons. The highest BCUT2D eigenvalue weighted by Crippen LogP contribution is 2.62. The average Bonchev–Trinajstić information content (AvgIpc) is 3.04. The Bertz CT molecular complexity index is 641. The summed E-state index contributed by atoms with van der Waals surface area (Å²) in [4.78, 5) is 0. The maximum absolute atomic E-state index is 15.2. The van der Waals surface area contributed by atoms with Crippen LogP contribution in [-0.2, 0) is 15.9 Å². The van der Waals surface area contributed by atoms with Gasteiger partial charge in [0.05, 0.1) is 6.61 Å². The minimum atomic E-state index is -0.700. The minimum absolute atomic E-state index is 0.101. The molecular formula is C23H31FO2. The van der Waals surface area contributed by atoms with Gasteiger partial charge in [0.15, 0.2) is 6.29 Å². The zero-order chi connectivity index (χ0) is 17.6. The molecule has 2 nitrogen and oxygen atoms in total. The molecule has 4 aliphatic rings. The number of rotatable bonds is 3. The number of hydrogen-bond acceptors (Lipinski definition) is 2. The lowest BCUT2D eigenvalue weighted by Gasteiger charge is -2.51. The first-order valence-electron chi connectivity index (χ1n) is 10.7. The summed E-state index contributed by atoms with van der Waals surface area (Å²) in [7, 11) is 0. The van der Waals surface area contributed by atoms with E-state index in [0.717, 1.165) is 51.6 Å². The second-order valence-corrected chi connectivity index (χ2v) is 9.04. The molecule has 1 aromatic rings. The van der Waals surface area contributed by atoms with Crippen LogP contribution in [0.5, 0.6) is 0 Å². The predicted molar refractivity (Wildman–Crippen MR) is 99.8 cm³/mol. The van der Waals surface area contributed by atoms with Gasteiger partial charge in [0, 0.05) is 12.0 Å². The lowest BCUT2D eigenvalue weighted by Crippen LogP contribution is -2.48. The molecule has 26 heavy (non-hydrogen) atoms. The summed E-state index contributed by atoms with van der Waals surface area (Å²) in [5, 5.41) is 0. The SMILES string of the molecule is F[C@H]1CC[C@H]2[C@@H]3CCc4ccccc4[C@H]3CC[C@]12COC1CCCCO1. The van der Waals surface area contributed by atoms with Crippen molar-refractivity contribution >= 4 is 0 Å². The topological polar surface area (TPSA) is 18.5 Å². The van der Waals surface area contributed by atoms with E-state index in [1.807, 2.05) is 0 Å². The molecule has 1 aliphatic heterocycles. The third kappa shape index (κ3) is 2.74. The molecule has 0 spiro atoms. The molecule has 3 aliphatic carbocycles. The Kier molecular flexibility index (Phi) is 4.57. The largest absolute Gasteiger partial charge is 0.353 e. The normalized spacial score (nSPS) is 42.0. The van der Waals surface area contributed by atoms with Crippen molar-refractivity contribution in [2.45, 2.75) is 76.2 Å². The smallest absolute Gasteiger partial charge is 0.157 e. The Morgan fingerprint density at radius 2 is 2.00 bits per heavy atom. The Morgan fingerprint density at radius 1 is 1.08 bits per heavy atom. The highest BCUT2D eigenvalue weighted by molar-refractivity contribution is 5.35. The van der Waals surface area contributed by atoms with E-state index >= 15 is 4.39 Å². The van der Waals surface area contributed by atoms with E-state index in [0.29, 0.717) is 24.4 Å². The van der Waals surface area contributed by atoms with Crippen molar-refractivity contribution in [1.29, 1.82) is 0 Å². The van der Waals surface area contributed by atoms with Crippen molar-refractivity contribution in [3.63, 3.8) is 0 Å². The number of fused-ring (bicyclic) bond motifs is 5. The van der Waals surface area contributed by atoms with E-state index in [9.17, 15) is 0 Å². The highest BCUT2D eigenvalue weighted by Gasteiger charge is 2.58. The fourth-order valence-electron chi connectivity index (χ4n) is 6.63. The first-order valence-corrected chi connectivity index (χ1v) is 10.7. The first kappa shape index (κ1) is 17.2. The fourth-order valence-corrected chi connectivity index (χ4v) is 6.63. The van der Waals surface area contributed by atoms with Gasteiger partial charge in [-0.25, -0.2) is 4.39 Å². The summed E-state index contributed by atoms with van der Waals surface area (Å²) >= 11 is 0. The maximum Gasteiger partial charge on any atom is 0.157 e. The Labute approximate surface area is 156 Å². The van der Waals surface area contributed by atoms with Gasteiger partial charge in [-0.2, -0.15) is 0 Å². The molecule has 0 bridgehead atoms. The van der Waals surface area contributed by atoms with Gasteiger partial charge in [-0.15, -0.1) is 0 Å². The van der Waals surface area contributed by atoms with Crippen molar-refractivity contribution in [3.8, 4) is 0 Å². The summed E-state index contributed by atoms with van der Waals surface area (Å²) < 4.78 is 27.1. The van der Waals surface area contributed by atoms with Crippen molar-refractivity contribution in [3.05, 3.63) is 35.4 Å². The van der Waals surface area contributed by atoms with Crippen molar-refractivity contribution < 1.29 is 13.9 Å². The molecule has 6 atom stereocenters. The predicted octanol–water partition coefficient (Wildman–Crippen LogP) is 5.40. The van der Waals surface area contributed by atoms with Crippen LogP contribution in [-0.4, -0.2) is 25.7 Å². The number of benzene rings is 1. The third-order valence-electron chi connectivity index (χ3n) is 7.93. The van der Waals surface area contributed by atoms with Gasteiger partial charge < -0.3 is 9.47 Å². The molecule has 3 heteroatoms. The standard InChI is InChI=1S/C23H31FO2/c24-21-11-10-20-19-9-8-16-5-1-2-6-17(16)18(19)12-13-23(20,21)15-26-22-7-3-4-14-25-22/h1-2,5-6,18-22H,3-4,7-15H2/t18-,19-,20+,21+,22?,23-/m1/s1. The van der Waals surface area contributed by atoms with Crippen molar-refractivity contribution in [1.82, 2.24) is 0 Å². The fraction of sp³-hybridized carbons (Fsp3) is 0.739. The molecule has 1 unspecified atom stereocenters. The van der Waals surface area contributed by atoms with Crippen LogP contribution in [0.25, 0.3) is 0 Å². The quantitative estimate of drug-likeness (QED) is 0.720. The van der Waals surface area contributed by atoms with Gasteiger partial charge in [-0.1, -0.05) is 24.3 Å². The van der Waals surface area contributed by atoms with E-state index in [2.05, 4.69) is 24.3 Å².